The summed E-state index contributed by atoms with van der Waals surface area (Å²) in [6.45, 7) is 3.12. The van der Waals surface area contributed by atoms with Crippen LogP contribution < -0.4 is 9.47 Å². The Labute approximate surface area is 185 Å². The Bertz CT molecular complexity index is 978. The maximum Gasteiger partial charge on any atom is 0.293 e. The number of methoxy groups -OCH3 is 1. The van der Waals surface area contributed by atoms with Crippen molar-refractivity contribution in [3.8, 4) is 11.5 Å². The molecule has 1 aliphatic heterocycles. The molecule has 1 heterocycles. The predicted octanol–water partition coefficient (Wildman–Crippen LogP) is 4.88. The van der Waals surface area contributed by atoms with Crippen LogP contribution in [0.25, 0.3) is 6.08 Å². The maximum absolute atomic E-state index is 13.8. The Morgan fingerprint density at radius 3 is 2.65 bits per heavy atom. The third kappa shape index (κ3) is 5.86. The van der Waals surface area contributed by atoms with Gasteiger partial charge in [0.05, 0.1) is 11.5 Å². The lowest BCUT2D eigenvalue weighted by Crippen LogP contribution is -2.29. The minimum absolute atomic E-state index is 0.0620. The smallest absolute Gasteiger partial charge is 0.293 e. The van der Waals surface area contributed by atoms with Crippen LogP contribution in [0.15, 0.2) is 47.4 Å². The molecule has 0 unspecified atom stereocenters. The first-order chi connectivity index (χ1) is 15.0. The molecule has 2 aromatic carbocycles. The van der Waals surface area contributed by atoms with E-state index in [2.05, 4.69) is 0 Å². The van der Waals surface area contributed by atoms with Crippen LogP contribution in [0.3, 0.4) is 0 Å². The van der Waals surface area contributed by atoms with E-state index in [0.29, 0.717) is 53.7 Å². The largest absolute Gasteiger partial charge is 0.490 e. The van der Waals surface area contributed by atoms with E-state index in [0.717, 1.165) is 11.8 Å². The van der Waals surface area contributed by atoms with E-state index in [1.54, 1.807) is 49.6 Å². The van der Waals surface area contributed by atoms with Gasteiger partial charge in [0.15, 0.2) is 11.5 Å². The molecule has 164 valence electrons. The second-order valence-corrected chi connectivity index (χ2v) is 7.69. The number of hydrogen-bond donors (Lipinski definition) is 0. The lowest BCUT2D eigenvalue weighted by atomic mass is 10.1. The van der Waals surface area contributed by atoms with Gasteiger partial charge in [-0.15, -0.1) is 0 Å². The Kier molecular flexibility index (Phi) is 8.08. The van der Waals surface area contributed by atoms with Crippen molar-refractivity contribution in [3.63, 3.8) is 0 Å². The summed E-state index contributed by atoms with van der Waals surface area (Å²) in [4.78, 5) is 26.3. The van der Waals surface area contributed by atoms with Crippen LogP contribution in [0.2, 0.25) is 0 Å². The van der Waals surface area contributed by atoms with Crippen LogP contribution in [0.1, 0.15) is 24.5 Å². The van der Waals surface area contributed by atoms with E-state index in [9.17, 15) is 14.0 Å². The highest BCUT2D eigenvalue weighted by Gasteiger charge is 2.34. The highest BCUT2D eigenvalue weighted by Crippen LogP contribution is 2.35. The highest BCUT2D eigenvalue weighted by atomic mass is 32.2. The summed E-state index contributed by atoms with van der Waals surface area (Å²) in [5.41, 5.74) is 1.14. The van der Waals surface area contributed by atoms with Gasteiger partial charge >= 0.3 is 0 Å². The molecule has 0 aliphatic carbocycles. The van der Waals surface area contributed by atoms with Gasteiger partial charge in [0.1, 0.15) is 12.4 Å². The quantitative estimate of drug-likeness (QED) is 0.384. The lowest BCUT2D eigenvalue weighted by Gasteiger charge is -2.13. The summed E-state index contributed by atoms with van der Waals surface area (Å²) in [6.07, 6.45) is 2.24. The molecule has 31 heavy (non-hydrogen) atoms. The van der Waals surface area contributed by atoms with Crippen molar-refractivity contribution >= 4 is 29.0 Å². The number of benzene rings is 2. The average molecular weight is 446 g/mol. The molecular weight excluding hydrogens is 421 g/mol. The van der Waals surface area contributed by atoms with Crippen molar-refractivity contribution < 1.29 is 28.2 Å². The van der Waals surface area contributed by atoms with E-state index >= 15 is 0 Å². The van der Waals surface area contributed by atoms with E-state index in [4.69, 9.17) is 14.2 Å². The van der Waals surface area contributed by atoms with E-state index < -0.39 is 0 Å². The van der Waals surface area contributed by atoms with Crippen LogP contribution >= 0.6 is 11.8 Å². The molecular formula is C23H24FNO5S. The third-order valence-corrected chi connectivity index (χ3v) is 5.42. The highest BCUT2D eigenvalue weighted by molar-refractivity contribution is 8.18. The SMILES string of the molecule is CCOc1cc(/C=C2/SC(=O)N(CCCOC)C2=O)ccc1OCc1ccccc1F. The zero-order valence-corrected chi connectivity index (χ0v) is 18.2. The van der Waals surface area contributed by atoms with Crippen LogP contribution in [-0.2, 0) is 16.1 Å². The van der Waals surface area contributed by atoms with Gasteiger partial charge in [0.25, 0.3) is 11.1 Å². The Morgan fingerprint density at radius 1 is 1.10 bits per heavy atom. The summed E-state index contributed by atoms with van der Waals surface area (Å²) < 4.78 is 30.2. The van der Waals surface area contributed by atoms with E-state index in [1.165, 1.54) is 11.0 Å². The van der Waals surface area contributed by atoms with Crippen LogP contribution in [0.4, 0.5) is 9.18 Å². The lowest BCUT2D eigenvalue weighted by molar-refractivity contribution is -0.122. The van der Waals surface area contributed by atoms with Crippen molar-refractivity contribution in [2.75, 3.05) is 26.9 Å². The number of carbonyl (C=O) groups is 2. The van der Waals surface area contributed by atoms with Crippen molar-refractivity contribution in [1.82, 2.24) is 4.90 Å². The molecule has 3 rings (SSSR count). The number of rotatable bonds is 10. The molecule has 2 aromatic rings. The molecule has 0 bridgehead atoms. The molecule has 0 aromatic heterocycles. The normalized spacial score (nSPS) is 15.1. The van der Waals surface area contributed by atoms with Gasteiger partial charge < -0.3 is 14.2 Å². The molecule has 0 radical (unpaired) electrons. The van der Waals surface area contributed by atoms with E-state index in [-0.39, 0.29) is 23.6 Å². The molecule has 0 spiro atoms. The monoisotopic (exact) mass is 445 g/mol. The minimum atomic E-state index is -0.335. The van der Waals surface area contributed by atoms with Gasteiger partial charge in [-0.2, -0.15) is 0 Å². The fraction of sp³-hybridized carbons (Fsp3) is 0.304. The second-order valence-electron chi connectivity index (χ2n) is 6.70. The Balaban J connectivity index is 1.75. The zero-order valence-electron chi connectivity index (χ0n) is 17.4. The second kappa shape index (κ2) is 11.0. The van der Waals surface area contributed by atoms with Gasteiger partial charge in [-0.3, -0.25) is 14.5 Å². The topological polar surface area (TPSA) is 65.1 Å². The summed E-state index contributed by atoms with van der Waals surface area (Å²) in [7, 11) is 1.58. The molecule has 0 N–H and O–H groups in total. The number of nitrogens with zero attached hydrogens (tertiary/aromatic N) is 1. The van der Waals surface area contributed by atoms with Crippen LogP contribution in [0, 0.1) is 5.82 Å². The summed E-state index contributed by atoms with van der Waals surface area (Å²) in [6, 6.07) is 11.6. The number of ether oxygens (including phenoxy) is 3. The molecule has 0 saturated carbocycles. The fourth-order valence-electron chi connectivity index (χ4n) is 2.98. The van der Waals surface area contributed by atoms with Gasteiger partial charge in [-0.25, -0.2) is 4.39 Å². The van der Waals surface area contributed by atoms with Gasteiger partial charge in [-0.1, -0.05) is 24.3 Å². The van der Waals surface area contributed by atoms with Crippen LogP contribution in [-0.4, -0.2) is 42.9 Å². The van der Waals surface area contributed by atoms with Gasteiger partial charge in [-0.05, 0) is 54.9 Å². The summed E-state index contributed by atoms with van der Waals surface area (Å²) in [5, 5.41) is -0.290. The Morgan fingerprint density at radius 2 is 1.90 bits per heavy atom. The van der Waals surface area contributed by atoms with Crippen molar-refractivity contribution in [1.29, 1.82) is 0 Å². The number of amides is 2. The molecule has 0 atom stereocenters. The molecule has 1 fully saturated rings. The van der Waals surface area contributed by atoms with E-state index in [1.807, 2.05) is 6.92 Å². The van der Waals surface area contributed by atoms with Crippen molar-refractivity contribution in [2.24, 2.45) is 0 Å². The molecule has 8 heteroatoms. The third-order valence-electron chi connectivity index (χ3n) is 4.51. The number of carbonyl (C=O) groups excluding carboxylic acids is 2. The number of thioether (sulfide) groups is 1. The summed E-state index contributed by atoms with van der Waals surface area (Å²) >= 11 is 0.911. The first kappa shape index (κ1) is 22.8. The average Bonchev–Trinajstić information content (AvgIpc) is 3.02. The molecule has 6 nitrogen and oxygen atoms in total. The maximum atomic E-state index is 13.8. The van der Waals surface area contributed by atoms with Gasteiger partial charge in [0.2, 0.25) is 0 Å². The van der Waals surface area contributed by atoms with Crippen LogP contribution in [0.5, 0.6) is 11.5 Å². The number of imide groups is 1. The molecule has 1 aliphatic rings. The molecule has 2 amide bonds. The first-order valence-electron chi connectivity index (χ1n) is 9.90. The number of hydrogen-bond acceptors (Lipinski definition) is 6. The predicted molar refractivity (Wildman–Crippen MR) is 118 cm³/mol. The fourth-order valence-corrected chi connectivity index (χ4v) is 3.85. The van der Waals surface area contributed by atoms with Crippen molar-refractivity contribution in [2.45, 2.75) is 20.0 Å². The number of halogens is 1. The summed E-state index contributed by atoms with van der Waals surface area (Å²) in [5.74, 6) is 0.295. The van der Waals surface area contributed by atoms with Gasteiger partial charge in [0, 0.05) is 25.8 Å². The Hall–Kier alpha value is -2.84. The minimum Gasteiger partial charge on any atom is -0.490 e. The zero-order chi connectivity index (χ0) is 22.2. The standard InChI is InChI=1S/C23H24FNO5S/c1-3-29-20-13-16(9-10-19(20)30-15-17-7-4-5-8-18(17)24)14-21-22(26)25(23(27)31-21)11-6-12-28-2/h4-5,7-10,13-14H,3,6,11-12,15H2,1-2H3/b21-14+. The molecule has 1 saturated heterocycles. The first-order valence-corrected chi connectivity index (χ1v) is 10.7. The van der Waals surface area contributed by atoms with Crippen molar-refractivity contribution in [3.05, 3.63) is 64.3 Å².